The highest BCUT2D eigenvalue weighted by atomic mass is 19.3. The third-order valence-corrected chi connectivity index (χ3v) is 5.62. The number of amides is 4. The van der Waals surface area contributed by atoms with E-state index in [9.17, 15) is 23.2 Å². The van der Waals surface area contributed by atoms with E-state index in [0.29, 0.717) is 18.4 Å². The van der Waals surface area contributed by atoms with Gasteiger partial charge in [0.1, 0.15) is 5.54 Å². The maximum Gasteiger partial charge on any atom is 0.387 e. The average Bonchev–Trinajstić information content (AvgIpc) is 3.27. The van der Waals surface area contributed by atoms with E-state index in [4.69, 9.17) is 4.74 Å². The van der Waals surface area contributed by atoms with Crippen molar-refractivity contribution in [2.75, 3.05) is 20.2 Å². The van der Waals surface area contributed by atoms with Crippen molar-refractivity contribution in [3.63, 3.8) is 0 Å². The fraction of sp³-hybridized carbons (Fsp3) is 0.571. The van der Waals surface area contributed by atoms with E-state index in [2.05, 4.69) is 10.1 Å². The average molecular weight is 439 g/mol. The number of halogens is 2. The van der Waals surface area contributed by atoms with Crippen molar-refractivity contribution >= 4 is 17.8 Å². The number of urea groups is 1. The van der Waals surface area contributed by atoms with Crippen LogP contribution in [0.3, 0.4) is 0 Å². The van der Waals surface area contributed by atoms with Crippen molar-refractivity contribution < 1.29 is 32.6 Å². The van der Waals surface area contributed by atoms with E-state index >= 15 is 0 Å². The van der Waals surface area contributed by atoms with Crippen LogP contribution in [-0.4, -0.2) is 60.0 Å². The summed E-state index contributed by atoms with van der Waals surface area (Å²) < 4.78 is 34.9. The Labute approximate surface area is 179 Å². The molecule has 8 nitrogen and oxygen atoms in total. The van der Waals surface area contributed by atoms with Crippen LogP contribution >= 0.6 is 0 Å². The molecule has 10 heteroatoms. The van der Waals surface area contributed by atoms with Gasteiger partial charge in [0.25, 0.3) is 5.91 Å². The van der Waals surface area contributed by atoms with E-state index in [0.717, 1.165) is 17.7 Å². The van der Waals surface area contributed by atoms with E-state index < -0.39 is 18.2 Å². The lowest BCUT2D eigenvalue weighted by atomic mass is 9.98. The Morgan fingerprint density at radius 3 is 2.61 bits per heavy atom. The molecule has 170 valence electrons. The van der Waals surface area contributed by atoms with Crippen LogP contribution in [-0.2, 0) is 16.1 Å². The van der Waals surface area contributed by atoms with Crippen LogP contribution in [0.5, 0.6) is 11.5 Å². The normalized spacial score (nSPS) is 17.4. The molecule has 4 amide bonds. The molecule has 1 aromatic rings. The molecule has 2 aliphatic rings. The number of imide groups is 1. The second kappa shape index (κ2) is 9.49. The molecule has 1 aliphatic heterocycles. The maximum atomic E-state index is 12.7. The van der Waals surface area contributed by atoms with E-state index in [1.165, 1.54) is 11.0 Å². The number of hydrogen-bond donors (Lipinski definition) is 1. The molecule has 1 saturated heterocycles. The molecular weight excluding hydrogens is 412 g/mol. The number of ether oxygens (including phenoxy) is 2. The highest BCUT2D eigenvalue weighted by Gasteiger charge is 2.52. The number of benzene rings is 1. The van der Waals surface area contributed by atoms with Gasteiger partial charge in [0.05, 0.1) is 6.61 Å². The zero-order valence-electron chi connectivity index (χ0n) is 17.7. The van der Waals surface area contributed by atoms with Crippen LogP contribution in [0.15, 0.2) is 18.2 Å². The lowest BCUT2D eigenvalue weighted by molar-refractivity contribution is -0.133. The first-order valence-electron chi connectivity index (χ1n) is 10.3. The molecule has 1 N–H and O–H groups in total. The molecule has 1 spiro atoms. The van der Waals surface area contributed by atoms with Crippen LogP contribution < -0.4 is 14.8 Å². The number of carbonyl (C=O) groups excluding carboxylic acids is 3. The first-order valence-corrected chi connectivity index (χ1v) is 10.3. The minimum atomic E-state index is -2.97. The number of rotatable bonds is 9. The van der Waals surface area contributed by atoms with Gasteiger partial charge in [-0.15, -0.1) is 0 Å². The molecule has 1 aromatic carbocycles. The quantitative estimate of drug-likeness (QED) is 0.598. The van der Waals surface area contributed by atoms with Crippen molar-refractivity contribution in [2.24, 2.45) is 0 Å². The predicted octanol–water partition coefficient (Wildman–Crippen LogP) is 2.90. The van der Waals surface area contributed by atoms with Gasteiger partial charge in [-0.2, -0.15) is 8.78 Å². The van der Waals surface area contributed by atoms with Crippen molar-refractivity contribution in [1.29, 1.82) is 0 Å². The topological polar surface area (TPSA) is 88.2 Å². The minimum Gasteiger partial charge on any atom is -0.490 e. The summed E-state index contributed by atoms with van der Waals surface area (Å²) in [5, 5.41) is 2.79. The molecule has 1 aliphatic carbocycles. The van der Waals surface area contributed by atoms with E-state index in [1.54, 1.807) is 26.1 Å². The van der Waals surface area contributed by atoms with Crippen LogP contribution in [0.25, 0.3) is 0 Å². The molecular formula is C21H27F2N3O5. The monoisotopic (exact) mass is 439 g/mol. The Kier molecular flexibility index (Phi) is 6.97. The number of nitrogens with zero attached hydrogens (tertiary/aromatic N) is 2. The van der Waals surface area contributed by atoms with Gasteiger partial charge in [-0.3, -0.25) is 14.5 Å². The lowest BCUT2D eigenvalue weighted by Crippen LogP contribution is -2.44. The number of alkyl halides is 2. The summed E-state index contributed by atoms with van der Waals surface area (Å²) in [5.41, 5.74) is -0.121. The largest absolute Gasteiger partial charge is 0.490 e. The third kappa shape index (κ3) is 5.05. The van der Waals surface area contributed by atoms with Gasteiger partial charge in [-0.1, -0.05) is 18.9 Å². The maximum absolute atomic E-state index is 12.7. The highest BCUT2D eigenvalue weighted by Crippen LogP contribution is 2.35. The fourth-order valence-electron chi connectivity index (χ4n) is 4.07. The van der Waals surface area contributed by atoms with Gasteiger partial charge in [-0.05, 0) is 37.5 Å². The first-order chi connectivity index (χ1) is 14.8. The van der Waals surface area contributed by atoms with Crippen molar-refractivity contribution in [3.8, 4) is 11.5 Å². The summed E-state index contributed by atoms with van der Waals surface area (Å²) >= 11 is 0. The Balaban J connectivity index is 1.57. The van der Waals surface area contributed by atoms with Gasteiger partial charge in [0.2, 0.25) is 5.91 Å². The number of carbonyl (C=O) groups is 3. The molecule has 0 atom stereocenters. The molecule has 0 aromatic heterocycles. The Bertz CT molecular complexity index is 842. The SMILES string of the molecule is CCOc1cc(CN(C)C(=O)CCN2C(=O)NC3(CCCC3)C2=O)ccc1OC(F)F. The first kappa shape index (κ1) is 22.8. The summed E-state index contributed by atoms with van der Waals surface area (Å²) in [6.07, 6.45) is 3.06. The molecule has 1 heterocycles. The minimum absolute atomic E-state index is 0.00334. The Morgan fingerprint density at radius 1 is 1.26 bits per heavy atom. The number of nitrogens with one attached hydrogen (secondary N) is 1. The van der Waals surface area contributed by atoms with Crippen LogP contribution in [0.4, 0.5) is 13.6 Å². The van der Waals surface area contributed by atoms with E-state index in [1.807, 2.05) is 0 Å². The zero-order chi connectivity index (χ0) is 22.6. The molecule has 0 radical (unpaired) electrons. The molecule has 31 heavy (non-hydrogen) atoms. The summed E-state index contributed by atoms with van der Waals surface area (Å²) in [7, 11) is 1.59. The predicted molar refractivity (Wildman–Crippen MR) is 107 cm³/mol. The van der Waals surface area contributed by atoms with Crippen molar-refractivity contribution in [2.45, 2.75) is 57.7 Å². The van der Waals surface area contributed by atoms with Crippen molar-refractivity contribution in [3.05, 3.63) is 23.8 Å². The Hall–Kier alpha value is -2.91. The summed E-state index contributed by atoms with van der Waals surface area (Å²) in [6, 6.07) is 4.05. The summed E-state index contributed by atoms with van der Waals surface area (Å²) in [6.45, 7) is -0.757. The highest BCUT2D eigenvalue weighted by molar-refractivity contribution is 6.07. The third-order valence-electron chi connectivity index (χ3n) is 5.62. The van der Waals surface area contributed by atoms with Gasteiger partial charge in [0.15, 0.2) is 11.5 Å². The van der Waals surface area contributed by atoms with Gasteiger partial charge < -0.3 is 19.7 Å². The smallest absolute Gasteiger partial charge is 0.387 e. The van der Waals surface area contributed by atoms with E-state index in [-0.39, 0.29) is 49.4 Å². The molecule has 1 saturated carbocycles. The van der Waals surface area contributed by atoms with Gasteiger partial charge in [0, 0.05) is 26.6 Å². The second-order valence-electron chi connectivity index (χ2n) is 7.77. The number of hydrogen-bond acceptors (Lipinski definition) is 5. The molecule has 3 rings (SSSR count). The standard InChI is InChI=1S/C21H27F2N3O5/c1-3-30-16-12-14(6-7-15(16)31-19(22)23)13-25(2)17(27)8-11-26-18(28)21(24-20(26)29)9-4-5-10-21/h6-7,12,19H,3-5,8-11,13H2,1-2H3,(H,24,29). The van der Waals surface area contributed by atoms with Crippen LogP contribution in [0.1, 0.15) is 44.6 Å². The second-order valence-corrected chi connectivity index (χ2v) is 7.77. The van der Waals surface area contributed by atoms with Gasteiger partial charge in [-0.25, -0.2) is 4.79 Å². The Morgan fingerprint density at radius 2 is 1.97 bits per heavy atom. The van der Waals surface area contributed by atoms with Crippen LogP contribution in [0.2, 0.25) is 0 Å². The molecule has 0 unspecified atom stereocenters. The van der Waals surface area contributed by atoms with Crippen molar-refractivity contribution in [1.82, 2.24) is 15.1 Å². The fourth-order valence-corrected chi connectivity index (χ4v) is 4.07. The zero-order valence-corrected chi connectivity index (χ0v) is 17.7. The summed E-state index contributed by atoms with van der Waals surface area (Å²) in [5.74, 6) is -0.406. The van der Waals surface area contributed by atoms with Gasteiger partial charge >= 0.3 is 12.6 Å². The lowest BCUT2D eigenvalue weighted by Gasteiger charge is -2.21. The molecule has 2 fully saturated rings. The van der Waals surface area contributed by atoms with Crippen LogP contribution in [0, 0.1) is 0 Å². The molecule has 0 bridgehead atoms. The summed E-state index contributed by atoms with van der Waals surface area (Å²) in [4.78, 5) is 40.0.